The van der Waals surface area contributed by atoms with Crippen LogP contribution in [0.25, 0.3) is 0 Å². The largest absolute Gasteiger partial charge is 0.366 e. The average Bonchev–Trinajstić information content (AvgIpc) is 3.40. The van der Waals surface area contributed by atoms with Crippen LogP contribution in [0.4, 0.5) is 15.9 Å². The lowest BCUT2D eigenvalue weighted by Gasteiger charge is -2.37. The van der Waals surface area contributed by atoms with Gasteiger partial charge in [-0.05, 0) is 31.9 Å². The average molecular weight is 312 g/mol. The highest BCUT2D eigenvalue weighted by atomic mass is 19.1. The van der Waals surface area contributed by atoms with E-state index in [1.54, 1.807) is 6.07 Å². The standard InChI is InChI=1S/C18H21FN4/c1-13-12-17(21-18(20-13)14-6-7-14)23-10-8-22(9-11-23)16-5-3-2-4-15(16)19/h2-5,12,14H,6-11H2,1H3. The van der Waals surface area contributed by atoms with Gasteiger partial charge in [-0.1, -0.05) is 12.1 Å². The van der Waals surface area contributed by atoms with Gasteiger partial charge in [-0.3, -0.25) is 0 Å². The molecule has 1 saturated heterocycles. The molecule has 2 aliphatic rings. The third-order valence-electron chi connectivity index (χ3n) is 4.60. The summed E-state index contributed by atoms with van der Waals surface area (Å²) < 4.78 is 13.9. The molecule has 0 atom stereocenters. The predicted octanol–water partition coefficient (Wildman–Crippen LogP) is 3.13. The molecule has 1 aromatic heterocycles. The van der Waals surface area contributed by atoms with E-state index < -0.39 is 0 Å². The Balaban J connectivity index is 1.48. The molecule has 2 fully saturated rings. The topological polar surface area (TPSA) is 32.3 Å². The van der Waals surface area contributed by atoms with Crippen LogP contribution in [0.1, 0.15) is 30.3 Å². The van der Waals surface area contributed by atoms with Crippen LogP contribution in [0.2, 0.25) is 0 Å². The van der Waals surface area contributed by atoms with Gasteiger partial charge in [0.2, 0.25) is 0 Å². The SMILES string of the molecule is Cc1cc(N2CCN(c3ccccc3F)CC2)nc(C2CC2)n1. The third-order valence-corrected chi connectivity index (χ3v) is 4.60. The minimum atomic E-state index is -0.144. The maximum Gasteiger partial charge on any atom is 0.146 e. The lowest BCUT2D eigenvalue weighted by atomic mass is 10.2. The molecule has 1 aliphatic carbocycles. The fourth-order valence-electron chi connectivity index (χ4n) is 3.15. The van der Waals surface area contributed by atoms with Crippen molar-refractivity contribution in [3.8, 4) is 0 Å². The summed E-state index contributed by atoms with van der Waals surface area (Å²) >= 11 is 0. The maximum absolute atomic E-state index is 13.9. The first-order valence-corrected chi connectivity index (χ1v) is 8.31. The molecule has 0 amide bonds. The molecule has 1 aromatic carbocycles. The highest BCUT2D eigenvalue weighted by Crippen LogP contribution is 2.38. The molecule has 1 saturated carbocycles. The van der Waals surface area contributed by atoms with Crippen molar-refractivity contribution in [3.63, 3.8) is 0 Å². The van der Waals surface area contributed by atoms with Gasteiger partial charge in [0.15, 0.2) is 0 Å². The number of benzene rings is 1. The van der Waals surface area contributed by atoms with E-state index in [9.17, 15) is 4.39 Å². The Hall–Kier alpha value is -2.17. The van der Waals surface area contributed by atoms with Crippen LogP contribution in [-0.2, 0) is 0 Å². The summed E-state index contributed by atoms with van der Waals surface area (Å²) in [6.45, 7) is 5.36. The Morgan fingerprint density at radius 1 is 1.00 bits per heavy atom. The van der Waals surface area contributed by atoms with Crippen LogP contribution in [-0.4, -0.2) is 36.1 Å². The zero-order valence-corrected chi connectivity index (χ0v) is 13.4. The van der Waals surface area contributed by atoms with Gasteiger partial charge in [0, 0.05) is 43.9 Å². The van der Waals surface area contributed by atoms with Crippen molar-refractivity contribution in [2.45, 2.75) is 25.7 Å². The van der Waals surface area contributed by atoms with Gasteiger partial charge in [-0.15, -0.1) is 0 Å². The second-order valence-electron chi connectivity index (χ2n) is 6.43. The van der Waals surface area contributed by atoms with E-state index in [2.05, 4.69) is 20.9 Å². The van der Waals surface area contributed by atoms with Crippen molar-refractivity contribution in [1.29, 1.82) is 0 Å². The van der Waals surface area contributed by atoms with Gasteiger partial charge in [-0.25, -0.2) is 14.4 Å². The molecule has 0 bridgehead atoms. The van der Waals surface area contributed by atoms with Crippen molar-refractivity contribution in [1.82, 2.24) is 9.97 Å². The van der Waals surface area contributed by atoms with Crippen molar-refractivity contribution in [2.75, 3.05) is 36.0 Å². The van der Waals surface area contributed by atoms with E-state index >= 15 is 0 Å². The van der Waals surface area contributed by atoms with Crippen molar-refractivity contribution < 1.29 is 4.39 Å². The van der Waals surface area contributed by atoms with Crippen LogP contribution < -0.4 is 9.80 Å². The summed E-state index contributed by atoms with van der Waals surface area (Å²) in [7, 11) is 0. The van der Waals surface area contributed by atoms with E-state index in [0.717, 1.165) is 43.5 Å². The number of rotatable bonds is 3. The molecular formula is C18H21FN4. The fraction of sp³-hybridized carbons (Fsp3) is 0.444. The Morgan fingerprint density at radius 3 is 2.39 bits per heavy atom. The van der Waals surface area contributed by atoms with Gasteiger partial charge in [0.1, 0.15) is 17.5 Å². The van der Waals surface area contributed by atoms with Crippen molar-refractivity contribution in [2.24, 2.45) is 0 Å². The van der Waals surface area contributed by atoms with E-state index in [1.165, 1.54) is 18.9 Å². The molecule has 0 N–H and O–H groups in total. The number of aryl methyl sites for hydroxylation is 1. The molecule has 5 heteroatoms. The minimum absolute atomic E-state index is 0.144. The Morgan fingerprint density at radius 2 is 1.70 bits per heavy atom. The van der Waals surface area contributed by atoms with E-state index in [4.69, 9.17) is 4.98 Å². The summed E-state index contributed by atoms with van der Waals surface area (Å²) in [6, 6.07) is 9.06. The number of hydrogen-bond donors (Lipinski definition) is 0. The smallest absolute Gasteiger partial charge is 0.146 e. The molecule has 0 spiro atoms. The molecule has 1 aliphatic heterocycles. The quantitative estimate of drug-likeness (QED) is 0.871. The van der Waals surface area contributed by atoms with E-state index in [1.807, 2.05) is 19.1 Å². The molecule has 0 radical (unpaired) electrons. The summed E-state index contributed by atoms with van der Waals surface area (Å²) in [5.74, 6) is 2.44. The first-order valence-electron chi connectivity index (χ1n) is 8.31. The zero-order valence-electron chi connectivity index (χ0n) is 13.4. The number of hydrogen-bond acceptors (Lipinski definition) is 4. The number of piperazine rings is 1. The number of nitrogens with zero attached hydrogens (tertiary/aromatic N) is 4. The molecular weight excluding hydrogens is 291 g/mol. The second-order valence-corrected chi connectivity index (χ2v) is 6.43. The Kier molecular flexibility index (Phi) is 3.63. The molecule has 23 heavy (non-hydrogen) atoms. The molecule has 4 rings (SSSR count). The predicted molar refractivity (Wildman–Crippen MR) is 89.6 cm³/mol. The fourth-order valence-corrected chi connectivity index (χ4v) is 3.15. The van der Waals surface area contributed by atoms with E-state index in [0.29, 0.717) is 11.6 Å². The summed E-state index contributed by atoms with van der Waals surface area (Å²) in [5.41, 5.74) is 1.73. The van der Waals surface area contributed by atoms with Gasteiger partial charge in [0.05, 0.1) is 5.69 Å². The third kappa shape index (κ3) is 3.00. The molecule has 2 heterocycles. The number of aromatic nitrogens is 2. The highest BCUT2D eigenvalue weighted by Gasteiger charge is 2.28. The van der Waals surface area contributed by atoms with Gasteiger partial charge < -0.3 is 9.80 Å². The van der Waals surface area contributed by atoms with Crippen molar-refractivity contribution >= 4 is 11.5 Å². The first-order chi connectivity index (χ1) is 11.2. The lowest BCUT2D eigenvalue weighted by Crippen LogP contribution is -2.47. The number of para-hydroxylation sites is 1. The summed E-state index contributed by atoms with van der Waals surface area (Å²) in [6.07, 6.45) is 2.42. The molecule has 0 unspecified atom stereocenters. The van der Waals surface area contributed by atoms with E-state index in [-0.39, 0.29) is 5.82 Å². The van der Waals surface area contributed by atoms with Crippen LogP contribution in [0.15, 0.2) is 30.3 Å². The Labute approximate surface area is 136 Å². The summed E-state index contributed by atoms with van der Waals surface area (Å²) in [5, 5.41) is 0. The zero-order chi connectivity index (χ0) is 15.8. The molecule has 4 nitrogen and oxygen atoms in total. The number of anilines is 2. The van der Waals surface area contributed by atoms with Crippen molar-refractivity contribution in [3.05, 3.63) is 47.7 Å². The van der Waals surface area contributed by atoms with Crippen LogP contribution >= 0.6 is 0 Å². The van der Waals surface area contributed by atoms with Gasteiger partial charge in [0.25, 0.3) is 0 Å². The normalized spacial score (nSPS) is 18.3. The Bertz CT molecular complexity index is 706. The lowest BCUT2D eigenvalue weighted by molar-refractivity contribution is 0.595. The summed E-state index contributed by atoms with van der Waals surface area (Å²) in [4.78, 5) is 13.7. The second kappa shape index (κ2) is 5.80. The molecule has 120 valence electrons. The van der Waals surface area contributed by atoms with Crippen LogP contribution in [0.3, 0.4) is 0 Å². The minimum Gasteiger partial charge on any atom is -0.366 e. The maximum atomic E-state index is 13.9. The monoisotopic (exact) mass is 312 g/mol. The van der Waals surface area contributed by atoms with Gasteiger partial charge >= 0.3 is 0 Å². The molecule has 2 aromatic rings. The number of halogens is 1. The highest BCUT2D eigenvalue weighted by molar-refractivity contribution is 5.50. The van der Waals surface area contributed by atoms with Crippen LogP contribution in [0, 0.1) is 12.7 Å². The first kappa shape index (κ1) is 14.4. The van der Waals surface area contributed by atoms with Gasteiger partial charge in [-0.2, -0.15) is 0 Å². The van der Waals surface area contributed by atoms with Crippen LogP contribution in [0.5, 0.6) is 0 Å².